The van der Waals surface area contributed by atoms with Crippen LogP contribution in [0.2, 0.25) is 0 Å². The summed E-state index contributed by atoms with van der Waals surface area (Å²) in [5, 5.41) is 8.76. The maximum absolute atomic E-state index is 12.2. The monoisotopic (exact) mass is 342 g/mol. The Bertz CT molecular complexity index is 674. The molecule has 0 aliphatic heterocycles. The summed E-state index contributed by atoms with van der Waals surface area (Å²) in [6.45, 7) is 1.04. The van der Waals surface area contributed by atoms with Gasteiger partial charge in [-0.1, -0.05) is 46.3 Å². The smallest absolute Gasteiger partial charge is 0.176 e. The van der Waals surface area contributed by atoms with Crippen molar-refractivity contribution in [2.75, 3.05) is 13.6 Å². The van der Waals surface area contributed by atoms with Crippen molar-refractivity contribution in [3.05, 3.63) is 69.7 Å². The molecule has 0 atom stereocenters. The van der Waals surface area contributed by atoms with E-state index in [0.717, 1.165) is 10.0 Å². The van der Waals surface area contributed by atoms with Crippen LogP contribution in [0.1, 0.15) is 21.5 Å². The Labute approximate surface area is 132 Å². The van der Waals surface area contributed by atoms with Crippen LogP contribution in [0.15, 0.2) is 53.0 Å². The van der Waals surface area contributed by atoms with E-state index in [1.807, 2.05) is 42.3 Å². The van der Waals surface area contributed by atoms with Gasteiger partial charge in [0.25, 0.3) is 0 Å². The number of nitrogens with zero attached hydrogens (tertiary/aromatic N) is 2. The van der Waals surface area contributed by atoms with Crippen molar-refractivity contribution in [2.24, 2.45) is 0 Å². The number of likely N-dealkylation sites (N-methyl/N-ethyl adjacent to an activating group) is 1. The van der Waals surface area contributed by atoms with Crippen LogP contribution in [-0.2, 0) is 6.54 Å². The van der Waals surface area contributed by atoms with Crippen LogP contribution in [0.3, 0.4) is 0 Å². The Hall–Kier alpha value is -1.96. The zero-order valence-electron chi connectivity index (χ0n) is 11.7. The lowest BCUT2D eigenvalue weighted by Gasteiger charge is -2.16. The van der Waals surface area contributed by atoms with Gasteiger partial charge < -0.3 is 0 Å². The molecule has 0 spiro atoms. The first-order valence-electron chi connectivity index (χ1n) is 6.55. The van der Waals surface area contributed by atoms with Gasteiger partial charge in [0.1, 0.15) is 0 Å². The van der Waals surface area contributed by atoms with E-state index in [2.05, 4.69) is 15.9 Å². The molecule has 0 bridgehead atoms. The number of hydrogen-bond donors (Lipinski definition) is 0. The summed E-state index contributed by atoms with van der Waals surface area (Å²) in [4.78, 5) is 14.2. The third-order valence-electron chi connectivity index (χ3n) is 3.15. The number of rotatable bonds is 5. The zero-order valence-corrected chi connectivity index (χ0v) is 13.3. The Kier molecular flexibility index (Phi) is 5.26. The number of nitriles is 1. The Morgan fingerprint density at radius 1 is 1.19 bits per heavy atom. The molecule has 0 amide bonds. The highest BCUT2D eigenvalue weighted by atomic mass is 79.9. The Morgan fingerprint density at radius 2 is 1.86 bits per heavy atom. The average molecular weight is 343 g/mol. The largest absolute Gasteiger partial charge is 0.295 e. The van der Waals surface area contributed by atoms with E-state index >= 15 is 0 Å². The molecule has 3 nitrogen and oxygen atoms in total. The van der Waals surface area contributed by atoms with Gasteiger partial charge in [0, 0.05) is 16.6 Å². The molecule has 106 valence electrons. The summed E-state index contributed by atoms with van der Waals surface area (Å²) < 4.78 is 1.04. The minimum Gasteiger partial charge on any atom is -0.295 e. The van der Waals surface area contributed by atoms with Crippen molar-refractivity contribution >= 4 is 21.7 Å². The second kappa shape index (κ2) is 7.16. The highest BCUT2D eigenvalue weighted by molar-refractivity contribution is 9.10. The predicted molar refractivity (Wildman–Crippen MR) is 86.0 cm³/mol. The van der Waals surface area contributed by atoms with Gasteiger partial charge in [-0.05, 0) is 30.8 Å². The van der Waals surface area contributed by atoms with Crippen molar-refractivity contribution in [3.8, 4) is 6.07 Å². The Balaban J connectivity index is 1.99. The molecule has 0 aliphatic rings. The number of carbonyl (C=O) groups excluding carboxylic acids is 1. The molecule has 2 aromatic carbocycles. The highest BCUT2D eigenvalue weighted by Crippen LogP contribution is 2.17. The van der Waals surface area contributed by atoms with E-state index in [1.165, 1.54) is 0 Å². The van der Waals surface area contributed by atoms with Crippen LogP contribution in [0, 0.1) is 11.3 Å². The number of hydrogen-bond acceptors (Lipinski definition) is 3. The SMILES string of the molecule is CN(CC(=O)c1ccc(C#N)cc1)Cc1ccccc1Br. The molecule has 0 saturated heterocycles. The topological polar surface area (TPSA) is 44.1 Å². The van der Waals surface area contributed by atoms with Crippen molar-refractivity contribution in [2.45, 2.75) is 6.54 Å². The molecule has 21 heavy (non-hydrogen) atoms. The summed E-state index contributed by atoms with van der Waals surface area (Å²) in [5.74, 6) is 0.0500. The van der Waals surface area contributed by atoms with Crippen LogP contribution in [0.5, 0.6) is 0 Å². The molecular formula is C17H15BrN2O. The number of ketones is 1. The zero-order chi connectivity index (χ0) is 15.2. The fourth-order valence-corrected chi connectivity index (χ4v) is 2.45. The molecule has 0 unspecified atom stereocenters. The van der Waals surface area contributed by atoms with E-state index < -0.39 is 0 Å². The standard InChI is InChI=1S/C17H15BrN2O/c1-20(11-15-4-2-3-5-16(15)18)12-17(21)14-8-6-13(10-19)7-9-14/h2-9H,11-12H2,1H3. The summed E-state index contributed by atoms with van der Waals surface area (Å²) >= 11 is 3.51. The minimum atomic E-state index is 0.0500. The molecule has 0 heterocycles. The fourth-order valence-electron chi connectivity index (χ4n) is 2.04. The molecule has 0 aliphatic carbocycles. The van der Waals surface area contributed by atoms with Crippen LogP contribution < -0.4 is 0 Å². The molecule has 0 saturated carbocycles. The third kappa shape index (κ3) is 4.25. The van der Waals surface area contributed by atoms with Crippen LogP contribution in [0.4, 0.5) is 0 Å². The van der Waals surface area contributed by atoms with Gasteiger partial charge in [0.2, 0.25) is 0 Å². The van der Waals surface area contributed by atoms with Crippen molar-refractivity contribution in [3.63, 3.8) is 0 Å². The van der Waals surface area contributed by atoms with Gasteiger partial charge in [-0.2, -0.15) is 5.26 Å². The van der Waals surface area contributed by atoms with Gasteiger partial charge in [0.05, 0.1) is 18.2 Å². The molecule has 0 fully saturated rings. The summed E-state index contributed by atoms with van der Waals surface area (Å²) in [6, 6.07) is 16.8. The van der Waals surface area contributed by atoms with E-state index in [-0.39, 0.29) is 5.78 Å². The lowest BCUT2D eigenvalue weighted by atomic mass is 10.1. The number of benzene rings is 2. The van der Waals surface area contributed by atoms with Gasteiger partial charge in [-0.15, -0.1) is 0 Å². The molecule has 2 rings (SSSR count). The molecular weight excluding hydrogens is 328 g/mol. The quantitative estimate of drug-likeness (QED) is 0.779. The van der Waals surface area contributed by atoms with Crippen LogP contribution >= 0.6 is 15.9 Å². The lowest BCUT2D eigenvalue weighted by molar-refractivity contribution is 0.0943. The van der Waals surface area contributed by atoms with E-state index in [1.54, 1.807) is 24.3 Å². The molecule has 0 radical (unpaired) electrons. The molecule has 0 N–H and O–H groups in total. The summed E-state index contributed by atoms with van der Waals surface area (Å²) in [5.41, 5.74) is 2.34. The van der Waals surface area contributed by atoms with Crippen LogP contribution in [0.25, 0.3) is 0 Å². The van der Waals surface area contributed by atoms with E-state index in [4.69, 9.17) is 5.26 Å². The predicted octanol–water partition coefficient (Wildman–Crippen LogP) is 3.64. The first-order chi connectivity index (χ1) is 10.1. The maximum atomic E-state index is 12.2. The fraction of sp³-hybridized carbons (Fsp3) is 0.176. The number of halogens is 1. The van der Waals surface area contributed by atoms with Gasteiger partial charge in [-0.3, -0.25) is 9.69 Å². The first-order valence-corrected chi connectivity index (χ1v) is 7.35. The third-order valence-corrected chi connectivity index (χ3v) is 3.92. The first kappa shape index (κ1) is 15.4. The molecule has 2 aromatic rings. The number of carbonyl (C=O) groups is 1. The molecule has 0 aromatic heterocycles. The van der Waals surface area contributed by atoms with Crippen molar-refractivity contribution < 1.29 is 4.79 Å². The van der Waals surface area contributed by atoms with Gasteiger partial charge in [0.15, 0.2) is 5.78 Å². The van der Waals surface area contributed by atoms with Crippen molar-refractivity contribution in [1.29, 1.82) is 5.26 Å². The van der Waals surface area contributed by atoms with Crippen LogP contribution in [-0.4, -0.2) is 24.3 Å². The summed E-state index contributed by atoms with van der Waals surface area (Å²) in [6.07, 6.45) is 0. The highest BCUT2D eigenvalue weighted by Gasteiger charge is 2.10. The second-order valence-electron chi connectivity index (χ2n) is 4.88. The minimum absolute atomic E-state index is 0.0500. The van der Waals surface area contributed by atoms with Crippen molar-refractivity contribution in [1.82, 2.24) is 4.90 Å². The maximum Gasteiger partial charge on any atom is 0.176 e. The second-order valence-corrected chi connectivity index (χ2v) is 5.73. The Morgan fingerprint density at radius 3 is 2.48 bits per heavy atom. The van der Waals surface area contributed by atoms with E-state index in [9.17, 15) is 4.79 Å². The van der Waals surface area contributed by atoms with Gasteiger partial charge >= 0.3 is 0 Å². The van der Waals surface area contributed by atoms with Gasteiger partial charge in [-0.25, -0.2) is 0 Å². The van der Waals surface area contributed by atoms with E-state index in [0.29, 0.717) is 24.2 Å². The molecule has 4 heteroatoms. The average Bonchev–Trinajstić information content (AvgIpc) is 2.49. The summed E-state index contributed by atoms with van der Waals surface area (Å²) in [7, 11) is 1.92. The lowest BCUT2D eigenvalue weighted by Crippen LogP contribution is -2.25. The number of Topliss-reactive ketones (excluding diaryl/α,β-unsaturated/α-hetero) is 1. The normalized spacial score (nSPS) is 10.4.